The molecule has 0 heterocycles. The van der Waals surface area contributed by atoms with Crippen LogP contribution in [0.2, 0.25) is 0 Å². The SMILES string of the molecule is CCNC(=NCCS(=O)C(C)(C)C)NC1CC(OCC)C12CCCC2. The minimum absolute atomic E-state index is 0.173. The van der Waals surface area contributed by atoms with E-state index in [2.05, 4.69) is 29.5 Å². The van der Waals surface area contributed by atoms with Gasteiger partial charge in [0.25, 0.3) is 0 Å². The molecule has 0 amide bonds. The zero-order valence-corrected chi connectivity index (χ0v) is 17.5. The highest BCUT2D eigenvalue weighted by Crippen LogP contribution is 2.54. The van der Waals surface area contributed by atoms with Gasteiger partial charge in [-0.25, -0.2) is 0 Å². The molecule has 2 N–H and O–H groups in total. The Balaban J connectivity index is 1.94. The van der Waals surface area contributed by atoms with E-state index in [1.54, 1.807) is 0 Å². The molecule has 2 rings (SSSR count). The van der Waals surface area contributed by atoms with Gasteiger partial charge in [-0.3, -0.25) is 9.20 Å². The van der Waals surface area contributed by atoms with Crippen molar-refractivity contribution in [2.24, 2.45) is 10.4 Å². The van der Waals surface area contributed by atoms with Crippen molar-refractivity contribution in [2.75, 3.05) is 25.4 Å². The Labute approximate surface area is 156 Å². The van der Waals surface area contributed by atoms with Crippen molar-refractivity contribution in [1.29, 1.82) is 0 Å². The van der Waals surface area contributed by atoms with E-state index in [1.165, 1.54) is 25.7 Å². The molecule has 2 fully saturated rings. The highest BCUT2D eigenvalue weighted by molar-refractivity contribution is 7.86. The number of rotatable bonds is 7. The van der Waals surface area contributed by atoms with Gasteiger partial charge in [-0.1, -0.05) is 12.8 Å². The molecule has 0 aromatic heterocycles. The van der Waals surface area contributed by atoms with Crippen molar-refractivity contribution in [1.82, 2.24) is 10.6 Å². The summed E-state index contributed by atoms with van der Waals surface area (Å²) in [7, 11) is -0.858. The lowest BCUT2D eigenvalue weighted by Gasteiger charge is -2.54. The Bertz CT molecular complexity index is 482. The third kappa shape index (κ3) is 4.97. The number of aliphatic imine (C=N–C) groups is 1. The number of nitrogens with one attached hydrogen (secondary N) is 2. The normalized spacial score (nSPS) is 27.2. The predicted molar refractivity (Wildman–Crippen MR) is 107 cm³/mol. The third-order valence-electron chi connectivity index (χ3n) is 5.57. The molecule has 0 radical (unpaired) electrons. The molecule has 0 aliphatic heterocycles. The van der Waals surface area contributed by atoms with Gasteiger partial charge >= 0.3 is 0 Å². The zero-order chi connectivity index (χ0) is 18.5. The molecule has 6 heteroatoms. The maximum Gasteiger partial charge on any atom is 0.191 e. The molecule has 1 spiro atoms. The molecule has 3 atom stereocenters. The number of ether oxygens (including phenoxy) is 1. The smallest absolute Gasteiger partial charge is 0.191 e. The maximum absolute atomic E-state index is 12.2. The number of nitrogens with zero attached hydrogens (tertiary/aromatic N) is 1. The second-order valence-electron chi connectivity index (χ2n) is 8.24. The molecule has 2 aliphatic rings. The summed E-state index contributed by atoms with van der Waals surface area (Å²) in [4.78, 5) is 4.67. The van der Waals surface area contributed by atoms with Crippen LogP contribution in [0.25, 0.3) is 0 Å². The predicted octanol–water partition coefficient (Wildman–Crippen LogP) is 2.83. The van der Waals surface area contributed by atoms with Crippen LogP contribution in [-0.2, 0) is 15.5 Å². The van der Waals surface area contributed by atoms with Crippen LogP contribution >= 0.6 is 0 Å². The quantitative estimate of drug-likeness (QED) is 0.534. The molecule has 0 aromatic rings. The first-order valence-corrected chi connectivity index (χ1v) is 11.2. The van der Waals surface area contributed by atoms with E-state index in [9.17, 15) is 4.21 Å². The first-order chi connectivity index (χ1) is 11.8. The average Bonchev–Trinajstić information content (AvgIpc) is 3.05. The zero-order valence-electron chi connectivity index (χ0n) is 16.7. The van der Waals surface area contributed by atoms with Crippen molar-refractivity contribution in [3.63, 3.8) is 0 Å². The van der Waals surface area contributed by atoms with Crippen molar-refractivity contribution in [3.8, 4) is 0 Å². The Morgan fingerprint density at radius 2 is 1.96 bits per heavy atom. The molecular weight excluding hydrogens is 334 g/mol. The molecule has 0 aromatic carbocycles. The van der Waals surface area contributed by atoms with Crippen LogP contribution in [-0.4, -0.2) is 52.5 Å². The first kappa shape index (κ1) is 20.7. The Kier molecular flexibility index (Phi) is 7.32. The topological polar surface area (TPSA) is 62.7 Å². The minimum Gasteiger partial charge on any atom is -0.378 e. The van der Waals surface area contributed by atoms with E-state index < -0.39 is 10.8 Å². The maximum atomic E-state index is 12.2. The van der Waals surface area contributed by atoms with Crippen LogP contribution in [0, 0.1) is 5.41 Å². The summed E-state index contributed by atoms with van der Waals surface area (Å²) in [6.45, 7) is 12.4. The molecule has 146 valence electrons. The molecule has 5 nitrogen and oxygen atoms in total. The van der Waals surface area contributed by atoms with E-state index in [0.29, 0.717) is 29.9 Å². The monoisotopic (exact) mass is 371 g/mol. The summed E-state index contributed by atoms with van der Waals surface area (Å²) in [5, 5.41) is 6.99. The highest BCUT2D eigenvalue weighted by Gasteiger charge is 2.56. The summed E-state index contributed by atoms with van der Waals surface area (Å²) in [5.41, 5.74) is 0.292. The van der Waals surface area contributed by atoms with Crippen LogP contribution in [0.15, 0.2) is 4.99 Å². The second kappa shape index (κ2) is 8.85. The Morgan fingerprint density at radius 3 is 2.52 bits per heavy atom. The van der Waals surface area contributed by atoms with Crippen molar-refractivity contribution >= 4 is 16.8 Å². The van der Waals surface area contributed by atoms with E-state index in [1.807, 2.05) is 20.8 Å². The number of guanidine groups is 1. The van der Waals surface area contributed by atoms with Gasteiger partial charge in [-0.15, -0.1) is 0 Å². The fourth-order valence-corrected chi connectivity index (χ4v) is 4.99. The number of hydrogen-bond acceptors (Lipinski definition) is 3. The van der Waals surface area contributed by atoms with Gasteiger partial charge in [0.05, 0.1) is 12.6 Å². The summed E-state index contributed by atoms with van der Waals surface area (Å²) in [5.74, 6) is 1.47. The van der Waals surface area contributed by atoms with Crippen molar-refractivity contribution in [2.45, 2.75) is 83.6 Å². The average molecular weight is 372 g/mol. The minimum atomic E-state index is -0.858. The standard InChI is InChI=1S/C19H37N3O2S/c1-6-20-17(21-12-13-25(23)18(3,4)5)22-15-14-16(24-7-2)19(15)10-8-9-11-19/h15-16H,6-14H2,1-5H3,(H2,20,21,22). The van der Waals surface area contributed by atoms with Gasteiger partial charge in [0.1, 0.15) is 0 Å². The fourth-order valence-electron chi connectivity index (χ4n) is 4.12. The molecule has 0 saturated heterocycles. The number of hydrogen-bond donors (Lipinski definition) is 2. The van der Waals surface area contributed by atoms with Gasteiger partial charge in [0.15, 0.2) is 5.96 Å². The van der Waals surface area contributed by atoms with E-state index in [4.69, 9.17) is 4.74 Å². The van der Waals surface area contributed by atoms with Gasteiger partial charge in [0, 0.05) is 45.9 Å². The molecule has 2 aliphatic carbocycles. The molecular formula is C19H37N3O2S. The van der Waals surface area contributed by atoms with Crippen molar-refractivity contribution in [3.05, 3.63) is 0 Å². The van der Waals surface area contributed by atoms with Crippen LogP contribution in [0.1, 0.15) is 66.7 Å². The lowest BCUT2D eigenvalue weighted by atomic mass is 9.60. The molecule has 2 saturated carbocycles. The first-order valence-electron chi connectivity index (χ1n) is 9.88. The van der Waals surface area contributed by atoms with E-state index >= 15 is 0 Å². The Hall–Kier alpha value is -0.620. The van der Waals surface area contributed by atoms with Crippen LogP contribution in [0.4, 0.5) is 0 Å². The van der Waals surface area contributed by atoms with Gasteiger partial charge < -0.3 is 15.4 Å². The van der Waals surface area contributed by atoms with Gasteiger partial charge in [0.2, 0.25) is 0 Å². The summed E-state index contributed by atoms with van der Waals surface area (Å²) < 4.78 is 18.0. The van der Waals surface area contributed by atoms with Crippen LogP contribution in [0.5, 0.6) is 0 Å². The largest absolute Gasteiger partial charge is 0.378 e. The van der Waals surface area contributed by atoms with Crippen molar-refractivity contribution < 1.29 is 8.95 Å². The van der Waals surface area contributed by atoms with Crippen LogP contribution < -0.4 is 10.6 Å². The lowest BCUT2D eigenvalue weighted by molar-refractivity contribution is -0.125. The fraction of sp³-hybridized carbons (Fsp3) is 0.947. The van der Waals surface area contributed by atoms with Gasteiger partial charge in [-0.2, -0.15) is 0 Å². The highest BCUT2D eigenvalue weighted by atomic mass is 32.2. The third-order valence-corrected chi connectivity index (χ3v) is 7.49. The summed E-state index contributed by atoms with van der Waals surface area (Å²) in [6.07, 6.45) is 6.58. The van der Waals surface area contributed by atoms with Crippen LogP contribution in [0.3, 0.4) is 0 Å². The second-order valence-corrected chi connectivity index (χ2v) is 10.6. The van der Waals surface area contributed by atoms with E-state index in [-0.39, 0.29) is 4.75 Å². The molecule has 0 bridgehead atoms. The summed E-state index contributed by atoms with van der Waals surface area (Å²) in [6, 6.07) is 0.442. The molecule has 25 heavy (non-hydrogen) atoms. The molecule has 3 unspecified atom stereocenters. The Morgan fingerprint density at radius 1 is 1.28 bits per heavy atom. The van der Waals surface area contributed by atoms with Gasteiger partial charge in [-0.05, 0) is 53.9 Å². The van der Waals surface area contributed by atoms with E-state index in [0.717, 1.165) is 25.5 Å². The lowest BCUT2D eigenvalue weighted by Crippen LogP contribution is -2.65. The summed E-state index contributed by atoms with van der Waals surface area (Å²) >= 11 is 0.